The number of thioether (sulfide) groups is 1. The van der Waals surface area contributed by atoms with Gasteiger partial charge in [-0.1, -0.05) is 11.8 Å². The third-order valence-electron chi connectivity index (χ3n) is 3.48. The number of aromatic nitrogens is 3. The van der Waals surface area contributed by atoms with Gasteiger partial charge in [0.1, 0.15) is 5.54 Å². The molecule has 1 heterocycles. The molecule has 1 unspecified atom stereocenters. The van der Waals surface area contributed by atoms with Crippen LogP contribution in [-0.4, -0.2) is 44.2 Å². The highest BCUT2D eigenvalue weighted by molar-refractivity contribution is 7.99. The Morgan fingerprint density at radius 3 is 2.75 bits per heavy atom. The largest absolute Gasteiger partial charge is 0.480 e. The molecule has 0 bridgehead atoms. The summed E-state index contributed by atoms with van der Waals surface area (Å²) in [4.78, 5) is 37.6. The SMILES string of the molecule is CNC(CSc1nc(=O)c(=O)[nH]n1C)(C(=O)O)C1CC1. The Balaban J connectivity index is 2.22. The number of carbonyl (C=O) groups is 1. The van der Waals surface area contributed by atoms with Crippen molar-refractivity contribution in [3.05, 3.63) is 20.7 Å². The summed E-state index contributed by atoms with van der Waals surface area (Å²) in [5.41, 5.74) is -2.70. The molecule has 0 aromatic carbocycles. The van der Waals surface area contributed by atoms with Crippen LogP contribution in [0.5, 0.6) is 0 Å². The Kier molecular flexibility index (Phi) is 4.00. The third kappa shape index (κ3) is 2.63. The molecule has 0 aliphatic heterocycles. The Morgan fingerprint density at radius 2 is 2.25 bits per heavy atom. The van der Waals surface area contributed by atoms with Crippen molar-refractivity contribution in [2.24, 2.45) is 13.0 Å². The predicted octanol–water partition coefficient (Wildman–Crippen LogP) is -0.986. The number of aryl methyl sites for hydroxylation is 1. The number of H-pyrrole nitrogens is 1. The molecule has 1 fully saturated rings. The number of aliphatic carboxylic acids is 1. The van der Waals surface area contributed by atoms with Gasteiger partial charge in [0.05, 0.1) is 0 Å². The van der Waals surface area contributed by atoms with Crippen molar-refractivity contribution in [1.82, 2.24) is 20.1 Å². The van der Waals surface area contributed by atoms with Gasteiger partial charge in [0.2, 0.25) is 0 Å². The first-order valence-corrected chi connectivity index (χ1v) is 7.11. The maximum absolute atomic E-state index is 11.5. The number of nitrogens with zero attached hydrogens (tertiary/aromatic N) is 2. The van der Waals surface area contributed by atoms with Gasteiger partial charge >= 0.3 is 17.1 Å². The average molecular weight is 300 g/mol. The lowest BCUT2D eigenvalue weighted by Gasteiger charge is -2.28. The van der Waals surface area contributed by atoms with Gasteiger partial charge in [-0.05, 0) is 25.8 Å². The highest BCUT2D eigenvalue weighted by Gasteiger charge is 2.50. The smallest absolute Gasteiger partial charge is 0.339 e. The van der Waals surface area contributed by atoms with E-state index in [4.69, 9.17) is 0 Å². The van der Waals surface area contributed by atoms with E-state index in [1.807, 2.05) is 0 Å². The van der Waals surface area contributed by atoms with Crippen LogP contribution in [-0.2, 0) is 11.8 Å². The fourth-order valence-electron chi connectivity index (χ4n) is 2.08. The van der Waals surface area contributed by atoms with Gasteiger partial charge in [-0.15, -0.1) is 0 Å². The lowest BCUT2D eigenvalue weighted by molar-refractivity contribution is -0.144. The average Bonchev–Trinajstić information content (AvgIpc) is 3.21. The zero-order chi connectivity index (χ0) is 14.9. The number of likely N-dealkylation sites (N-methyl/N-ethyl adjacent to an activating group) is 1. The van der Waals surface area contributed by atoms with E-state index < -0.39 is 22.6 Å². The molecule has 2 rings (SSSR count). The first-order chi connectivity index (χ1) is 9.40. The topological polar surface area (TPSA) is 117 Å². The molecule has 20 heavy (non-hydrogen) atoms. The second-order valence-electron chi connectivity index (χ2n) is 4.79. The van der Waals surface area contributed by atoms with E-state index in [2.05, 4.69) is 15.4 Å². The molecule has 1 aromatic rings. The Bertz CT molecular complexity index is 636. The fourth-order valence-corrected chi connectivity index (χ4v) is 3.33. The molecule has 9 heteroatoms. The van der Waals surface area contributed by atoms with E-state index in [9.17, 15) is 19.5 Å². The van der Waals surface area contributed by atoms with Crippen molar-refractivity contribution in [1.29, 1.82) is 0 Å². The van der Waals surface area contributed by atoms with Gasteiger partial charge in [0.25, 0.3) is 0 Å². The fraction of sp³-hybridized carbons (Fsp3) is 0.636. The van der Waals surface area contributed by atoms with Crippen molar-refractivity contribution in [2.45, 2.75) is 23.5 Å². The summed E-state index contributed by atoms with van der Waals surface area (Å²) in [6, 6.07) is 0. The van der Waals surface area contributed by atoms with Gasteiger partial charge in [0, 0.05) is 12.8 Å². The van der Waals surface area contributed by atoms with E-state index >= 15 is 0 Å². The summed E-state index contributed by atoms with van der Waals surface area (Å²) in [5.74, 6) is -0.600. The van der Waals surface area contributed by atoms with Crippen LogP contribution in [0, 0.1) is 5.92 Å². The van der Waals surface area contributed by atoms with Crippen LogP contribution in [0.2, 0.25) is 0 Å². The second-order valence-corrected chi connectivity index (χ2v) is 5.73. The van der Waals surface area contributed by atoms with E-state index in [-0.39, 0.29) is 16.8 Å². The number of carboxylic acids is 1. The molecule has 1 saturated carbocycles. The van der Waals surface area contributed by atoms with Crippen LogP contribution in [0.15, 0.2) is 14.7 Å². The summed E-state index contributed by atoms with van der Waals surface area (Å²) in [5, 5.41) is 15.0. The van der Waals surface area contributed by atoms with Crippen molar-refractivity contribution in [3.63, 3.8) is 0 Å². The summed E-state index contributed by atoms with van der Waals surface area (Å²) in [6.07, 6.45) is 1.73. The van der Waals surface area contributed by atoms with Crippen LogP contribution >= 0.6 is 11.8 Å². The molecular weight excluding hydrogens is 284 g/mol. The number of hydrogen-bond donors (Lipinski definition) is 3. The van der Waals surface area contributed by atoms with Gasteiger partial charge in [-0.2, -0.15) is 4.98 Å². The minimum atomic E-state index is -1.03. The zero-order valence-corrected chi connectivity index (χ0v) is 12.0. The Morgan fingerprint density at radius 1 is 1.60 bits per heavy atom. The number of nitrogens with one attached hydrogen (secondary N) is 2. The standard InChI is InChI=1S/C11H16N4O4S/c1-12-11(9(18)19,6-3-4-6)5-20-10-13-7(16)8(17)14-15(10)2/h6,12H,3-5H2,1-2H3,(H,14,17)(H,18,19). The molecule has 1 aliphatic carbocycles. The summed E-state index contributed by atoms with van der Waals surface area (Å²) < 4.78 is 1.32. The number of rotatable bonds is 6. The molecule has 8 nitrogen and oxygen atoms in total. The maximum atomic E-state index is 11.5. The minimum absolute atomic E-state index is 0.0808. The lowest BCUT2D eigenvalue weighted by Crippen LogP contribution is -2.54. The molecule has 0 spiro atoms. The van der Waals surface area contributed by atoms with Gasteiger partial charge in [0.15, 0.2) is 5.16 Å². The highest BCUT2D eigenvalue weighted by atomic mass is 32.2. The molecule has 0 amide bonds. The van der Waals surface area contributed by atoms with Crippen LogP contribution < -0.4 is 16.4 Å². The molecule has 0 saturated heterocycles. The maximum Gasteiger partial charge on any atom is 0.339 e. The normalized spacial score (nSPS) is 17.7. The molecule has 1 aromatic heterocycles. The number of carboxylic acid groups (broad SMARTS) is 1. The number of hydrogen-bond acceptors (Lipinski definition) is 6. The van der Waals surface area contributed by atoms with Crippen LogP contribution in [0.25, 0.3) is 0 Å². The molecule has 1 atom stereocenters. The van der Waals surface area contributed by atoms with E-state index in [1.165, 1.54) is 4.68 Å². The van der Waals surface area contributed by atoms with Crippen molar-refractivity contribution in [2.75, 3.05) is 12.8 Å². The monoisotopic (exact) mass is 300 g/mol. The van der Waals surface area contributed by atoms with E-state index in [0.29, 0.717) is 0 Å². The van der Waals surface area contributed by atoms with Crippen LogP contribution in [0.1, 0.15) is 12.8 Å². The third-order valence-corrected chi connectivity index (χ3v) is 4.70. The van der Waals surface area contributed by atoms with Crippen molar-refractivity contribution >= 4 is 17.7 Å². The summed E-state index contributed by atoms with van der Waals surface area (Å²) in [7, 11) is 3.17. The molecule has 110 valence electrons. The summed E-state index contributed by atoms with van der Waals surface area (Å²) >= 11 is 1.14. The first-order valence-electron chi connectivity index (χ1n) is 6.13. The van der Waals surface area contributed by atoms with E-state index in [1.54, 1.807) is 14.1 Å². The van der Waals surface area contributed by atoms with Gasteiger partial charge in [-0.25, -0.2) is 0 Å². The highest BCUT2D eigenvalue weighted by Crippen LogP contribution is 2.42. The molecular formula is C11H16N4O4S. The molecule has 3 N–H and O–H groups in total. The summed E-state index contributed by atoms with van der Waals surface area (Å²) in [6.45, 7) is 0. The second kappa shape index (κ2) is 5.41. The lowest BCUT2D eigenvalue weighted by atomic mass is 9.96. The minimum Gasteiger partial charge on any atom is -0.480 e. The Labute approximate surface area is 118 Å². The first kappa shape index (κ1) is 14.8. The van der Waals surface area contributed by atoms with Crippen LogP contribution in [0.3, 0.4) is 0 Å². The predicted molar refractivity (Wildman–Crippen MR) is 73.0 cm³/mol. The van der Waals surface area contributed by atoms with E-state index in [0.717, 1.165) is 24.6 Å². The quantitative estimate of drug-likeness (QED) is 0.456. The number of aromatic amines is 1. The van der Waals surface area contributed by atoms with Crippen molar-refractivity contribution < 1.29 is 9.90 Å². The van der Waals surface area contributed by atoms with Crippen molar-refractivity contribution in [3.8, 4) is 0 Å². The van der Waals surface area contributed by atoms with Gasteiger partial charge < -0.3 is 10.4 Å². The van der Waals surface area contributed by atoms with Crippen LogP contribution in [0.4, 0.5) is 0 Å². The zero-order valence-electron chi connectivity index (χ0n) is 11.2. The molecule has 1 aliphatic rings. The molecule has 0 radical (unpaired) electrons. The van der Waals surface area contributed by atoms with Gasteiger partial charge in [-0.3, -0.25) is 24.2 Å². The Hall–Kier alpha value is -1.61.